The average molecular weight is 250 g/mol. The van der Waals surface area contributed by atoms with E-state index in [0.717, 1.165) is 29.2 Å². The van der Waals surface area contributed by atoms with Crippen LogP contribution in [0.15, 0.2) is 24.4 Å². The van der Waals surface area contributed by atoms with Crippen molar-refractivity contribution in [3.05, 3.63) is 51.2 Å². The first-order valence-corrected chi connectivity index (χ1v) is 6.34. The van der Waals surface area contributed by atoms with E-state index in [1.807, 2.05) is 26.1 Å². The lowest BCUT2D eigenvalue weighted by molar-refractivity contribution is 0.623. The molecule has 17 heavy (non-hydrogen) atoms. The van der Waals surface area contributed by atoms with Gasteiger partial charge in [-0.3, -0.25) is 0 Å². The second kappa shape index (κ2) is 5.38. The molecule has 0 amide bonds. The highest BCUT2D eigenvalue weighted by Crippen LogP contribution is 2.12. The number of benzene rings is 1. The monoisotopic (exact) mass is 250 g/mol. The molecule has 90 valence electrons. The summed E-state index contributed by atoms with van der Waals surface area (Å²) in [5, 5.41) is 4.42. The minimum Gasteiger partial charge on any atom is -0.308 e. The molecule has 2 aromatic rings. The van der Waals surface area contributed by atoms with Crippen molar-refractivity contribution in [1.82, 2.24) is 10.3 Å². The Balaban J connectivity index is 1.90. The number of nitrogens with zero attached hydrogens (tertiary/aromatic N) is 1. The standard InChI is InChI=1S/C13H15FN2S/c1-9-5-12(14)4-3-11(9)6-15-7-13-8-16-10(2)17-13/h3-5,8,15H,6-7H2,1-2H3. The summed E-state index contributed by atoms with van der Waals surface area (Å²) >= 11 is 1.70. The van der Waals surface area contributed by atoms with Crippen LogP contribution in [-0.4, -0.2) is 4.98 Å². The number of thiazole rings is 1. The maximum absolute atomic E-state index is 12.9. The lowest BCUT2D eigenvalue weighted by Gasteiger charge is -2.06. The molecule has 0 radical (unpaired) electrons. The summed E-state index contributed by atoms with van der Waals surface area (Å²) in [6, 6.07) is 4.89. The van der Waals surface area contributed by atoms with Crippen LogP contribution >= 0.6 is 11.3 Å². The van der Waals surface area contributed by atoms with Crippen LogP contribution in [0.1, 0.15) is 21.0 Å². The molecule has 2 rings (SSSR count). The summed E-state index contributed by atoms with van der Waals surface area (Å²) in [5.74, 6) is -0.177. The van der Waals surface area contributed by atoms with Gasteiger partial charge in [0.05, 0.1) is 5.01 Å². The van der Waals surface area contributed by atoms with E-state index < -0.39 is 0 Å². The van der Waals surface area contributed by atoms with Crippen LogP contribution in [0, 0.1) is 19.7 Å². The summed E-state index contributed by atoms with van der Waals surface area (Å²) < 4.78 is 12.9. The largest absolute Gasteiger partial charge is 0.308 e. The van der Waals surface area contributed by atoms with Crippen molar-refractivity contribution in [3.8, 4) is 0 Å². The molecule has 0 atom stereocenters. The average Bonchev–Trinajstić information content (AvgIpc) is 2.68. The third-order valence-corrected chi connectivity index (χ3v) is 3.50. The molecule has 0 aliphatic rings. The highest BCUT2D eigenvalue weighted by Gasteiger charge is 2.01. The maximum Gasteiger partial charge on any atom is 0.123 e. The Morgan fingerprint density at radius 1 is 1.29 bits per heavy atom. The van der Waals surface area contributed by atoms with Gasteiger partial charge >= 0.3 is 0 Å². The lowest BCUT2D eigenvalue weighted by Crippen LogP contribution is -2.12. The van der Waals surface area contributed by atoms with E-state index in [9.17, 15) is 4.39 Å². The molecular weight excluding hydrogens is 235 g/mol. The highest BCUT2D eigenvalue weighted by molar-refractivity contribution is 7.11. The zero-order chi connectivity index (χ0) is 12.3. The molecule has 0 saturated heterocycles. The third-order valence-electron chi connectivity index (χ3n) is 2.59. The van der Waals surface area contributed by atoms with Crippen molar-refractivity contribution in [3.63, 3.8) is 0 Å². The Morgan fingerprint density at radius 3 is 2.76 bits per heavy atom. The lowest BCUT2D eigenvalue weighted by atomic mass is 10.1. The fraction of sp³-hybridized carbons (Fsp3) is 0.308. The van der Waals surface area contributed by atoms with Gasteiger partial charge in [0.25, 0.3) is 0 Å². The van der Waals surface area contributed by atoms with Crippen LogP contribution in [0.4, 0.5) is 4.39 Å². The van der Waals surface area contributed by atoms with Crippen LogP contribution in [0.5, 0.6) is 0 Å². The van der Waals surface area contributed by atoms with E-state index in [0.29, 0.717) is 0 Å². The Hall–Kier alpha value is -1.26. The van der Waals surface area contributed by atoms with Gasteiger partial charge in [-0.15, -0.1) is 11.3 Å². The number of aryl methyl sites for hydroxylation is 2. The molecule has 0 aliphatic heterocycles. The van der Waals surface area contributed by atoms with Gasteiger partial charge in [-0.2, -0.15) is 0 Å². The van der Waals surface area contributed by atoms with Gasteiger partial charge in [0, 0.05) is 24.2 Å². The van der Waals surface area contributed by atoms with E-state index in [1.54, 1.807) is 17.4 Å². The van der Waals surface area contributed by atoms with E-state index in [4.69, 9.17) is 0 Å². The maximum atomic E-state index is 12.9. The molecule has 0 spiro atoms. The first-order valence-electron chi connectivity index (χ1n) is 5.52. The second-order valence-corrected chi connectivity index (χ2v) is 5.34. The predicted molar refractivity (Wildman–Crippen MR) is 68.5 cm³/mol. The van der Waals surface area contributed by atoms with Crippen molar-refractivity contribution in [2.24, 2.45) is 0 Å². The molecular formula is C13H15FN2S. The quantitative estimate of drug-likeness (QED) is 0.901. The SMILES string of the molecule is Cc1ncc(CNCc2ccc(F)cc2C)s1. The van der Waals surface area contributed by atoms with Gasteiger partial charge in [0.2, 0.25) is 0 Å². The highest BCUT2D eigenvalue weighted by atomic mass is 32.1. The minimum absolute atomic E-state index is 0.177. The molecule has 1 aromatic heterocycles. The molecule has 0 bridgehead atoms. The number of hydrogen-bond acceptors (Lipinski definition) is 3. The van der Waals surface area contributed by atoms with Crippen molar-refractivity contribution < 1.29 is 4.39 Å². The molecule has 0 saturated carbocycles. The Labute approximate surface area is 105 Å². The topological polar surface area (TPSA) is 24.9 Å². The van der Waals surface area contributed by atoms with Gasteiger partial charge in [-0.25, -0.2) is 9.37 Å². The Kier molecular flexibility index (Phi) is 3.86. The zero-order valence-corrected chi connectivity index (χ0v) is 10.8. The number of halogens is 1. The molecule has 1 aromatic carbocycles. The molecule has 1 heterocycles. The minimum atomic E-state index is -0.177. The van der Waals surface area contributed by atoms with E-state index >= 15 is 0 Å². The molecule has 4 heteroatoms. The summed E-state index contributed by atoms with van der Waals surface area (Å²) in [6.07, 6.45) is 1.89. The van der Waals surface area contributed by atoms with Gasteiger partial charge in [0.1, 0.15) is 5.82 Å². The van der Waals surface area contributed by atoms with Crippen molar-refractivity contribution >= 4 is 11.3 Å². The van der Waals surface area contributed by atoms with Crippen LogP contribution in [-0.2, 0) is 13.1 Å². The van der Waals surface area contributed by atoms with Gasteiger partial charge in [-0.1, -0.05) is 6.07 Å². The van der Waals surface area contributed by atoms with Crippen LogP contribution in [0.3, 0.4) is 0 Å². The summed E-state index contributed by atoms with van der Waals surface area (Å²) in [5.41, 5.74) is 2.12. The van der Waals surface area contributed by atoms with Gasteiger partial charge < -0.3 is 5.32 Å². The first-order chi connectivity index (χ1) is 8.15. The zero-order valence-electron chi connectivity index (χ0n) is 9.96. The predicted octanol–water partition coefficient (Wildman–Crippen LogP) is 3.19. The normalized spacial score (nSPS) is 10.8. The van der Waals surface area contributed by atoms with Crippen molar-refractivity contribution in [2.75, 3.05) is 0 Å². The van der Waals surface area contributed by atoms with Crippen LogP contribution in [0.2, 0.25) is 0 Å². The summed E-state index contributed by atoms with van der Waals surface area (Å²) in [4.78, 5) is 5.42. The number of nitrogens with one attached hydrogen (secondary N) is 1. The molecule has 2 nitrogen and oxygen atoms in total. The molecule has 0 fully saturated rings. The van der Waals surface area contributed by atoms with Crippen LogP contribution < -0.4 is 5.32 Å². The van der Waals surface area contributed by atoms with Gasteiger partial charge in [-0.05, 0) is 37.1 Å². The Bertz CT molecular complexity index is 508. The number of hydrogen-bond donors (Lipinski definition) is 1. The van der Waals surface area contributed by atoms with E-state index in [1.165, 1.54) is 10.9 Å². The molecule has 1 N–H and O–H groups in total. The fourth-order valence-corrected chi connectivity index (χ4v) is 2.43. The van der Waals surface area contributed by atoms with Crippen LogP contribution in [0.25, 0.3) is 0 Å². The second-order valence-electron chi connectivity index (χ2n) is 4.02. The third kappa shape index (κ3) is 3.35. The smallest absolute Gasteiger partial charge is 0.123 e. The van der Waals surface area contributed by atoms with E-state index in [-0.39, 0.29) is 5.82 Å². The number of rotatable bonds is 4. The number of aromatic nitrogens is 1. The van der Waals surface area contributed by atoms with E-state index in [2.05, 4.69) is 10.3 Å². The van der Waals surface area contributed by atoms with Gasteiger partial charge in [0.15, 0.2) is 0 Å². The van der Waals surface area contributed by atoms with Crippen molar-refractivity contribution in [1.29, 1.82) is 0 Å². The Morgan fingerprint density at radius 2 is 2.12 bits per heavy atom. The summed E-state index contributed by atoms with van der Waals surface area (Å²) in [6.45, 7) is 5.49. The first kappa shape index (κ1) is 12.2. The van der Waals surface area contributed by atoms with Crippen molar-refractivity contribution in [2.45, 2.75) is 26.9 Å². The summed E-state index contributed by atoms with van der Waals surface area (Å²) in [7, 11) is 0. The molecule has 0 aliphatic carbocycles. The molecule has 0 unspecified atom stereocenters. The fourth-order valence-electron chi connectivity index (χ4n) is 1.67.